The summed E-state index contributed by atoms with van der Waals surface area (Å²) in [6, 6.07) is 12.3. The summed E-state index contributed by atoms with van der Waals surface area (Å²) in [7, 11) is 1.68. The lowest BCUT2D eigenvalue weighted by Crippen LogP contribution is -2.60. The second-order valence-electron chi connectivity index (χ2n) is 28.7. The van der Waals surface area contributed by atoms with E-state index in [0.717, 1.165) is 64.9 Å². The SMILES string of the molecule is Cc1ncsc1-c1ccc([C@H](C)NC(=O)[C@@H]2C[C@@H](O)CN2C(=O)[C@@H](NC(=O)CCCCCc2cccc(OC[C@H](CCC(N)=O)NC(=O)[C@@H]3CC[C@@H]4CCN(C(=O)CC5CCC(Cc6ccc7c(c6)n(C)c(=O)n7C6CCC(=O)NC6=O)CC5)C[C@H](N)C(=O)N43)c2F)C(C)(C)C)cc1. The lowest BCUT2D eigenvalue weighted by Gasteiger charge is -2.38. The minimum Gasteiger partial charge on any atom is -0.488 e. The van der Waals surface area contributed by atoms with Gasteiger partial charge in [0.2, 0.25) is 53.2 Å². The van der Waals surface area contributed by atoms with Gasteiger partial charge in [-0.25, -0.2) is 14.2 Å². The van der Waals surface area contributed by atoms with Gasteiger partial charge in [-0.05, 0) is 155 Å². The predicted molar refractivity (Wildman–Crippen MR) is 366 cm³/mol. The Balaban J connectivity index is 0.655. The normalized spacial score (nSPS) is 23.1. The number of halogens is 1. The number of imidazole rings is 1. The number of likely N-dealkylation sites (tertiary alicyclic amines) is 1. The number of rotatable bonds is 25. The summed E-state index contributed by atoms with van der Waals surface area (Å²) in [4.78, 5) is 144. The van der Waals surface area contributed by atoms with Crippen molar-refractivity contribution in [3.63, 3.8) is 0 Å². The van der Waals surface area contributed by atoms with Crippen molar-refractivity contribution in [3.8, 4) is 16.2 Å². The maximum atomic E-state index is 16.1. The summed E-state index contributed by atoms with van der Waals surface area (Å²) >= 11 is 1.55. The fraction of sp³-hybridized carbons (Fsp3) is 0.569. The minimum absolute atomic E-state index is 0.00387. The van der Waals surface area contributed by atoms with E-state index < -0.39 is 95.1 Å². The molecule has 26 heteroatoms. The molecule has 9 N–H and O–H groups in total. The molecule has 1 aliphatic carbocycles. The molecule has 0 bridgehead atoms. The Morgan fingerprint density at radius 3 is 2.29 bits per heavy atom. The molecule has 98 heavy (non-hydrogen) atoms. The number of hydrogen-bond donors (Lipinski definition) is 7. The number of fused-ring (bicyclic) bond motifs is 2. The van der Waals surface area contributed by atoms with Gasteiger partial charge in [0.1, 0.15) is 36.8 Å². The maximum Gasteiger partial charge on any atom is 0.329 e. The van der Waals surface area contributed by atoms with E-state index in [0.29, 0.717) is 74.9 Å². The Morgan fingerprint density at radius 1 is 0.847 bits per heavy atom. The summed E-state index contributed by atoms with van der Waals surface area (Å²) in [5.41, 5.74) is 18.5. The molecule has 528 valence electrons. The highest BCUT2D eigenvalue weighted by Gasteiger charge is 2.47. The van der Waals surface area contributed by atoms with Crippen LogP contribution in [0.15, 0.2) is 71.0 Å². The Kier molecular flexibility index (Phi) is 23.4. The molecule has 9 amide bonds. The number of aryl methyl sites for hydroxylation is 3. The largest absolute Gasteiger partial charge is 0.488 e. The van der Waals surface area contributed by atoms with Crippen LogP contribution in [0, 0.1) is 30.0 Å². The number of aromatic nitrogens is 3. The molecule has 24 nitrogen and oxygen atoms in total. The van der Waals surface area contributed by atoms with E-state index >= 15 is 4.39 Å². The minimum atomic E-state index is -1.07. The number of carbonyl (C=O) groups is 9. The molecule has 6 heterocycles. The molecule has 4 aliphatic heterocycles. The second kappa shape index (κ2) is 31.7. The number of β-amino-alcohol motifs (C(OH)–C–C–N with tert-alkyl or cyclic N) is 1. The average molecular weight is 1370 g/mol. The van der Waals surface area contributed by atoms with Crippen LogP contribution in [-0.2, 0) is 63.0 Å². The van der Waals surface area contributed by atoms with Crippen molar-refractivity contribution >= 4 is 75.5 Å². The second-order valence-corrected chi connectivity index (χ2v) is 29.6. The van der Waals surface area contributed by atoms with Crippen LogP contribution in [0.5, 0.6) is 5.75 Å². The molecule has 2 aromatic heterocycles. The highest BCUT2D eigenvalue weighted by Crippen LogP contribution is 2.37. The van der Waals surface area contributed by atoms with Crippen molar-refractivity contribution in [1.29, 1.82) is 0 Å². The maximum absolute atomic E-state index is 16.1. The van der Waals surface area contributed by atoms with Gasteiger partial charge in [0, 0.05) is 64.8 Å². The van der Waals surface area contributed by atoms with Crippen molar-refractivity contribution in [2.45, 2.75) is 211 Å². The summed E-state index contributed by atoms with van der Waals surface area (Å²) < 4.78 is 25.2. The number of nitrogens with one attached hydrogen (secondary N) is 4. The number of unbranched alkanes of at least 4 members (excludes halogenated alkanes) is 2. The topological polar surface area (TPSA) is 333 Å². The van der Waals surface area contributed by atoms with Gasteiger partial charge in [-0.2, -0.15) is 0 Å². The number of thiazole rings is 1. The van der Waals surface area contributed by atoms with E-state index in [9.17, 15) is 53.1 Å². The molecule has 0 radical (unpaired) electrons. The molecule has 5 aliphatic rings. The van der Waals surface area contributed by atoms with E-state index in [2.05, 4.69) is 26.3 Å². The van der Waals surface area contributed by atoms with Crippen molar-refractivity contribution in [1.82, 2.24) is 50.1 Å². The van der Waals surface area contributed by atoms with E-state index in [1.54, 1.807) is 50.4 Å². The fourth-order valence-electron chi connectivity index (χ4n) is 14.9. The number of aliphatic hydroxyl groups excluding tert-OH is 1. The number of primary amides is 1. The standard InChI is InChI=1S/C72H95FN12O12S/c1-41(46-20-22-48(23-21-46)64-42(2)76-40-98-64)77-68(93)57-36-51(86)37-83(57)70(95)65(72(3,4)5)79-60(88)14-9-7-8-11-47-12-10-13-58(63(47)73)97-39-49(24-29-59(75)87)78-66(91)54-27-25-50-31-32-82(38-52(74)69(94)84(50)54)62(90)35-44-17-15-43(16-18-44)33-45-19-26-53-56(34-45)81(6)71(96)85(53)55-28-30-61(89)80-67(55)92/h10,12-13,19-23,26,34,40-41,43-44,49-52,54-55,57,65,86H,7-9,11,14-18,24-25,27-33,35-39,74H2,1-6H3,(H2,75,87)(H,77,93)(H,78,91)(H,79,88)(H,80,89,92)/t41-,43?,44?,49-,50+,51+,52-,54-,55?,57-,65+/m0/s1. The average Bonchev–Trinajstić information content (AvgIpc) is 1.61. The van der Waals surface area contributed by atoms with Gasteiger partial charge in [0.05, 0.1) is 45.3 Å². The first kappa shape index (κ1) is 72.4. The van der Waals surface area contributed by atoms with Crippen LogP contribution in [-0.4, -0.2) is 156 Å². The molecule has 5 aromatic rings. The van der Waals surface area contributed by atoms with Crippen LogP contribution in [0.2, 0.25) is 0 Å². The summed E-state index contributed by atoms with van der Waals surface area (Å²) in [6.45, 7) is 9.38. The third-order valence-corrected chi connectivity index (χ3v) is 21.5. The first-order chi connectivity index (χ1) is 46.7. The molecular formula is C72H95FN12O12S. The predicted octanol–water partition coefficient (Wildman–Crippen LogP) is 5.85. The highest BCUT2D eigenvalue weighted by atomic mass is 32.1. The first-order valence-electron chi connectivity index (χ1n) is 34.7. The van der Waals surface area contributed by atoms with Crippen molar-refractivity contribution in [3.05, 3.63) is 105 Å². The van der Waals surface area contributed by atoms with E-state index in [4.69, 9.17) is 16.2 Å². The Bertz CT molecular complexity index is 3840. The zero-order valence-electron chi connectivity index (χ0n) is 57.0. The number of imide groups is 1. The zero-order chi connectivity index (χ0) is 70.3. The Labute approximate surface area is 574 Å². The van der Waals surface area contributed by atoms with E-state index in [1.807, 2.05) is 77.1 Å². The van der Waals surface area contributed by atoms with E-state index in [-0.39, 0.29) is 99.3 Å². The third kappa shape index (κ3) is 17.2. The quantitative estimate of drug-likeness (QED) is 0.0266. The Hall–Kier alpha value is -8.36. The van der Waals surface area contributed by atoms with Crippen molar-refractivity contribution < 1.29 is 57.4 Å². The van der Waals surface area contributed by atoms with Gasteiger partial charge < -0.3 is 52.0 Å². The van der Waals surface area contributed by atoms with Gasteiger partial charge in [-0.1, -0.05) is 69.7 Å². The summed E-state index contributed by atoms with van der Waals surface area (Å²) in [5, 5.41) is 22.0. The molecule has 4 saturated heterocycles. The number of aliphatic hydroxyl groups is 1. The fourth-order valence-corrected chi connectivity index (χ4v) is 15.7. The number of carbonyl (C=O) groups excluding carboxylic acids is 9. The van der Waals surface area contributed by atoms with Crippen molar-refractivity contribution in [2.75, 3.05) is 26.2 Å². The molecule has 5 fully saturated rings. The number of hydrogen-bond acceptors (Lipinski definition) is 15. The number of ether oxygens (including phenoxy) is 1. The molecular weight excluding hydrogens is 1280 g/mol. The summed E-state index contributed by atoms with van der Waals surface area (Å²) in [6.07, 6.45) is 7.41. The highest BCUT2D eigenvalue weighted by molar-refractivity contribution is 7.13. The van der Waals surface area contributed by atoms with Crippen molar-refractivity contribution in [2.24, 2.45) is 35.8 Å². The van der Waals surface area contributed by atoms with Crippen LogP contribution < -0.4 is 43.2 Å². The van der Waals surface area contributed by atoms with Crippen LogP contribution >= 0.6 is 11.3 Å². The van der Waals surface area contributed by atoms with Gasteiger partial charge >= 0.3 is 5.69 Å². The van der Waals surface area contributed by atoms with Gasteiger partial charge in [-0.3, -0.25) is 57.6 Å². The molecule has 1 unspecified atom stereocenters. The van der Waals surface area contributed by atoms with Crippen LogP contribution in [0.4, 0.5) is 4.39 Å². The lowest BCUT2D eigenvalue weighted by molar-refractivity contribution is -0.145. The van der Waals surface area contributed by atoms with Crippen LogP contribution in [0.3, 0.4) is 0 Å². The van der Waals surface area contributed by atoms with Gasteiger partial charge in [0.25, 0.3) is 0 Å². The molecule has 3 aromatic carbocycles. The molecule has 10 rings (SSSR count). The van der Waals surface area contributed by atoms with Crippen LogP contribution in [0.25, 0.3) is 21.5 Å². The lowest BCUT2D eigenvalue weighted by atomic mass is 9.78. The third-order valence-electron chi connectivity index (χ3n) is 20.5. The molecule has 9 atom stereocenters. The smallest absolute Gasteiger partial charge is 0.329 e. The number of benzene rings is 3. The number of nitrogens with zero attached hydrogens (tertiary/aromatic N) is 6. The first-order valence-corrected chi connectivity index (χ1v) is 35.6. The summed E-state index contributed by atoms with van der Waals surface area (Å²) in [5.74, 6) is -3.75. The number of nitrogens with two attached hydrogens (primary N) is 2. The molecule has 0 spiro atoms. The zero-order valence-corrected chi connectivity index (χ0v) is 57.8. The number of amides is 9. The monoisotopic (exact) mass is 1370 g/mol. The van der Waals surface area contributed by atoms with Gasteiger partial charge in [-0.15, -0.1) is 11.3 Å². The Morgan fingerprint density at radius 2 is 1.58 bits per heavy atom. The molecule has 1 saturated carbocycles. The van der Waals surface area contributed by atoms with Crippen LogP contribution in [0.1, 0.15) is 171 Å². The number of piperidine rings is 1. The van der Waals surface area contributed by atoms with E-state index in [1.165, 1.54) is 15.5 Å². The van der Waals surface area contributed by atoms with Gasteiger partial charge in [0.15, 0.2) is 11.6 Å².